The Bertz CT molecular complexity index is 1910. The quantitative estimate of drug-likeness (QED) is 0.0222. The number of ether oxygens (including phenoxy) is 4. The highest BCUT2D eigenvalue weighted by molar-refractivity contribution is 7.47. The summed E-state index contributed by atoms with van der Waals surface area (Å²) in [4.78, 5) is 72.9. The number of hydrogen-bond acceptors (Lipinski definition) is 15. The maximum Gasteiger partial charge on any atom is 0.472 e. The van der Waals surface area contributed by atoms with Gasteiger partial charge in [-0.1, -0.05) is 357 Å². The molecule has 0 spiro atoms. The van der Waals surface area contributed by atoms with Gasteiger partial charge in [0.1, 0.15) is 19.3 Å². The first-order valence-corrected chi connectivity index (χ1v) is 43.9. The molecule has 0 aliphatic heterocycles. The van der Waals surface area contributed by atoms with Gasteiger partial charge in [0.15, 0.2) is 12.2 Å². The highest BCUT2D eigenvalue weighted by atomic mass is 31.2. The molecule has 0 saturated heterocycles. The third kappa shape index (κ3) is 71.1. The first-order valence-electron chi connectivity index (χ1n) is 40.9. The Morgan fingerprint density at radius 1 is 0.296 bits per heavy atom. The van der Waals surface area contributed by atoms with E-state index >= 15 is 0 Å². The predicted molar refractivity (Wildman–Crippen MR) is 400 cm³/mol. The maximum atomic E-state index is 13.1. The van der Waals surface area contributed by atoms with Crippen LogP contribution in [0.1, 0.15) is 408 Å². The molecule has 6 atom stereocenters. The zero-order valence-corrected chi connectivity index (χ0v) is 66.0. The van der Waals surface area contributed by atoms with Crippen LogP contribution in [0.15, 0.2) is 0 Å². The van der Waals surface area contributed by atoms with Gasteiger partial charge < -0.3 is 33.8 Å². The smallest absolute Gasteiger partial charge is 0.462 e. The SMILES string of the molecule is CCCCCCCCCCCCCCCCCCCCC(=O)OC[C@H](COP(=O)(O)OC[C@@H](O)COP(=O)(O)OC[C@@H](COC(=O)CCCCCCCCC(C)CC)OC(=O)CCCCCCCCCCCC(C)C)OC(=O)CCCCCCCCCCCCCCCCCC(C)C. The number of hydrogen-bond donors (Lipinski definition) is 3. The van der Waals surface area contributed by atoms with Gasteiger partial charge in [0.05, 0.1) is 26.4 Å². The minimum absolute atomic E-state index is 0.104. The van der Waals surface area contributed by atoms with E-state index in [-0.39, 0.29) is 25.7 Å². The summed E-state index contributed by atoms with van der Waals surface area (Å²) in [5, 5.41) is 10.6. The van der Waals surface area contributed by atoms with Crippen LogP contribution in [0.3, 0.4) is 0 Å². The summed E-state index contributed by atoms with van der Waals surface area (Å²) < 4.78 is 68.6. The first-order chi connectivity index (χ1) is 47.3. The van der Waals surface area contributed by atoms with Gasteiger partial charge in [-0.15, -0.1) is 0 Å². The van der Waals surface area contributed by atoms with Gasteiger partial charge in [-0.2, -0.15) is 0 Å². The number of phosphoric acid groups is 2. The van der Waals surface area contributed by atoms with Crippen LogP contribution in [0.25, 0.3) is 0 Å². The maximum absolute atomic E-state index is 13.1. The molecule has 0 aliphatic rings. The van der Waals surface area contributed by atoms with Crippen molar-refractivity contribution in [1.29, 1.82) is 0 Å². The summed E-state index contributed by atoms with van der Waals surface area (Å²) in [6, 6.07) is 0. The summed E-state index contributed by atoms with van der Waals surface area (Å²) in [6.07, 6.45) is 57.0. The molecule has 3 unspecified atom stereocenters. The number of unbranched alkanes of at least 4 members (excludes halogenated alkanes) is 44. The van der Waals surface area contributed by atoms with E-state index in [4.69, 9.17) is 37.0 Å². The van der Waals surface area contributed by atoms with Crippen LogP contribution in [0.4, 0.5) is 0 Å². The van der Waals surface area contributed by atoms with E-state index in [1.54, 1.807) is 0 Å². The molecule has 0 aromatic heterocycles. The number of aliphatic hydroxyl groups excluding tert-OH is 1. The molecule has 98 heavy (non-hydrogen) atoms. The molecule has 0 amide bonds. The van der Waals surface area contributed by atoms with E-state index in [2.05, 4.69) is 48.5 Å². The molecule has 3 N–H and O–H groups in total. The van der Waals surface area contributed by atoms with Gasteiger partial charge in [-0.3, -0.25) is 37.3 Å². The third-order valence-electron chi connectivity index (χ3n) is 18.7. The molecule has 0 radical (unpaired) electrons. The van der Waals surface area contributed by atoms with Gasteiger partial charge in [0.25, 0.3) is 0 Å². The predicted octanol–water partition coefficient (Wildman–Crippen LogP) is 23.4. The molecule has 0 aliphatic carbocycles. The Labute approximate surface area is 600 Å². The molecule has 0 bridgehead atoms. The first kappa shape index (κ1) is 96.1. The summed E-state index contributed by atoms with van der Waals surface area (Å²) in [7, 11) is -9.92. The fourth-order valence-electron chi connectivity index (χ4n) is 12.1. The number of esters is 4. The second-order valence-electron chi connectivity index (χ2n) is 29.6. The van der Waals surface area contributed by atoms with Crippen molar-refractivity contribution in [2.75, 3.05) is 39.6 Å². The van der Waals surface area contributed by atoms with Gasteiger partial charge in [0, 0.05) is 25.7 Å². The monoisotopic (exact) mass is 1440 g/mol. The van der Waals surface area contributed by atoms with E-state index in [0.29, 0.717) is 25.7 Å². The summed E-state index contributed by atoms with van der Waals surface area (Å²) >= 11 is 0. The lowest BCUT2D eigenvalue weighted by Crippen LogP contribution is -2.30. The van der Waals surface area contributed by atoms with Crippen molar-refractivity contribution in [3.8, 4) is 0 Å². The molecule has 0 aromatic rings. The van der Waals surface area contributed by atoms with Crippen LogP contribution >= 0.6 is 15.6 Å². The lowest BCUT2D eigenvalue weighted by molar-refractivity contribution is -0.161. The average molecular weight is 1440 g/mol. The molecular formula is C79H154O17P2. The molecule has 0 rings (SSSR count). The summed E-state index contributed by atoms with van der Waals surface area (Å²) in [6.45, 7) is 11.9. The number of carbonyl (C=O) groups is 4. The topological polar surface area (TPSA) is 237 Å². The number of phosphoric ester groups is 2. The standard InChI is InChI=1S/C79H154O17P2/c1-8-10-11-12-13-14-15-16-17-18-19-22-25-28-33-38-46-53-60-76(81)89-66-74(95-78(83)62-55-48-39-34-29-26-23-20-21-24-27-31-36-43-50-57-70(3)4)68-93-97(85,86)91-64-73(80)65-92-98(87,88)94-69-75(67-90-77(82)61-54-47-42-41-45-52-59-72(7)9-2)96-79(84)63-56-49-40-35-30-32-37-44-51-58-71(5)6/h70-75,80H,8-69H2,1-7H3,(H,85,86)(H,87,88)/t72?,73-,74-,75-/m1/s1. The van der Waals surface area contributed by atoms with Gasteiger partial charge in [0.2, 0.25) is 0 Å². The normalized spacial score (nSPS) is 14.3. The molecule has 0 heterocycles. The number of rotatable bonds is 77. The second-order valence-corrected chi connectivity index (χ2v) is 32.6. The van der Waals surface area contributed by atoms with Crippen molar-refractivity contribution in [1.82, 2.24) is 0 Å². The van der Waals surface area contributed by atoms with Crippen LogP contribution < -0.4 is 0 Å². The van der Waals surface area contributed by atoms with Crippen molar-refractivity contribution in [2.24, 2.45) is 17.8 Å². The molecule has 0 aromatic carbocycles. The van der Waals surface area contributed by atoms with Crippen LogP contribution in [0.5, 0.6) is 0 Å². The van der Waals surface area contributed by atoms with Crippen molar-refractivity contribution in [2.45, 2.75) is 426 Å². The van der Waals surface area contributed by atoms with Gasteiger partial charge in [-0.05, 0) is 43.4 Å². The van der Waals surface area contributed by atoms with Gasteiger partial charge >= 0.3 is 39.5 Å². The van der Waals surface area contributed by atoms with Crippen LogP contribution in [-0.4, -0.2) is 96.7 Å². The van der Waals surface area contributed by atoms with Crippen molar-refractivity contribution in [3.63, 3.8) is 0 Å². The molecule has 0 fully saturated rings. The van der Waals surface area contributed by atoms with Crippen molar-refractivity contribution in [3.05, 3.63) is 0 Å². The van der Waals surface area contributed by atoms with Crippen LogP contribution in [-0.2, 0) is 65.4 Å². The Hall–Kier alpha value is -1.94. The highest BCUT2D eigenvalue weighted by Gasteiger charge is 2.30. The molecule has 582 valence electrons. The third-order valence-corrected chi connectivity index (χ3v) is 20.6. The Morgan fingerprint density at radius 3 is 0.776 bits per heavy atom. The van der Waals surface area contributed by atoms with Gasteiger partial charge in [-0.25, -0.2) is 9.13 Å². The zero-order valence-electron chi connectivity index (χ0n) is 64.3. The van der Waals surface area contributed by atoms with Crippen LogP contribution in [0.2, 0.25) is 0 Å². The minimum atomic E-state index is -4.96. The molecular weight excluding hydrogens is 1280 g/mol. The van der Waals surface area contributed by atoms with E-state index in [1.807, 2.05) is 0 Å². The molecule has 19 heteroatoms. The van der Waals surface area contributed by atoms with Crippen molar-refractivity contribution >= 4 is 39.5 Å². The lowest BCUT2D eigenvalue weighted by atomic mass is 10.00. The average Bonchev–Trinajstić information content (AvgIpc) is 0.985. The van der Waals surface area contributed by atoms with E-state index in [9.17, 15) is 43.2 Å². The van der Waals surface area contributed by atoms with Crippen molar-refractivity contribution < 1.29 is 80.2 Å². The molecule has 0 saturated carbocycles. The number of carbonyl (C=O) groups excluding carboxylic acids is 4. The summed E-state index contributed by atoms with van der Waals surface area (Å²) in [5.74, 6) is 0.154. The van der Waals surface area contributed by atoms with E-state index in [0.717, 1.165) is 114 Å². The minimum Gasteiger partial charge on any atom is -0.462 e. The Morgan fingerprint density at radius 2 is 0.520 bits per heavy atom. The van der Waals surface area contributed by atoms with E-state index in [1.165, 1.54) is 212 Å². The fraction of sp³-hybridized carbons (Fsp3) is 0.949. The second kappa shape index (κ2) is 69.4. The zero-order chi connectivity index (χ0) is 72.3. The number of aliphatic hydroxyl groups is 1. The highest BCUT2D eigenvalue weighted by Crippen LogP contribution is 2.45. The summed E-state index contributed by atoms with van der Waals surface area (Å²) in [5.41, 5.74) is 0. The Kier molecular flexibility index (Phi) is 68.1. The largest absolute Gasteiger partial charge is 0.472 e. The van der Waals surface area contributed by atoms with E-state index < -0.39 is 97.5 Å². The lowest BCUT2D eigenvalue weighted by Gasteiger charge is -2.21. The van der Waals surface area contributed by atoms with Crippen LogP contribution in [0, 0.1) is 17.8 Å². The fourth-order valence-corrected chi connectivity index (χ4v) is 13.7. The Balaban J connectivity index is 5.24. The molecule has 17 nitrogen and oxygen atoms in total.